The van der Waals surface area contributed by atoms with Crippen LogP contribution in [0.3, 0.4) is 0 Å². The zero-order valence-corrected chi connectivity index (χ0v) is 16.6. The Morgan fingerprint density at radius 2 is 1.87 bits per heavy atom. The van der Waals surface area contributed by atoms with Crippen LogP contribution in [0.4, 0.5) is 14.7 Å². The monoisotopic (exact) mass is 438 g/mol. The minimum atomic E-state index is -4.21. The summed E-state index contributed by atoms with van der Waals surface area (Å²) in [5, 5.41) is 8.91. The molecule has 13 heteroatoms. The number of nitriles is 1. The minimum absolute atomic E-state index is 0.00361. The summed E-state index contributed by atoms with van der Waals surface area (Å²) in [6.07, 6.45) is -1.25. The summed E-state index contributed by atoms with van der Waals surface area (Å²) in [5.41, 5.74) is -0.0663. The Balaban J connectivity index is 1.99. The van der Waals surface area contributed by atoms with Crippen molar-refractivity contribution in [2.24, 2.45) is 0 Å². The Labute approximate surface area is 169 Å². The van der Waals surface area contributed by atoms with Gasteiger partial charge in [0.15, 0.2) is 0 Å². The standard InChI is InChI=1S/C17H16F2N6O4S/c1-28-15-10(4-3-7-20)16(29-2)24-17(23-15)25-30(26,27)12-8-21-14-9(12)5-6-11(22-14)13(18)19/h5-6,8,13H,3-4H2,1-2H3,(H,21,22)(H,23,24,25). The number of rotatable bonds is 8. The number of hydrogen-bond donors (Lipinski definition) is 2. The summed E-state index contributed by atoms with van der Waals surface area (Å²) < 4.78 is 63.9. The SMILES string of the molecule is COc1nc(NS(=O)(=O)c2c[nH]c3nc(C(F)F)ccc23)nc(OC)c1CCC#N. The number of fused-ring (bicyclic) bond motifs is 1. The van der Waals surface area contributed by atoms with Crippen molar-refractivity contribution in [3.05, 3.63) is 29.6 Å². The summed E-state index contributed by atoms with van der Waals surface area (Å²) in [5.74, 6) is -0.218. The molecule has 10 nitrogen and oxygen atoms in total. The van der Waals surface area contributed by atoms with Crippen LogP contribution in [0, 0.1) is 11.3 Å². The van der Waals surface area contributed by atoms with Crippen LogP contribution in [-0.4, -0.2) is 42.6 Å². The van der Waals surface area contributed by atoms with E-state index in [0.717, 1.165) is 12.3 Å². The van der Waals surface area contributed by atoms with Gasteiger partial charge in [-0.1, -0.05) is 0 Å². The number of aromatic nitrogens is 4. The van der Waals surface area contributed by atoms with Crippen molar-refractivity contribution in [1.82, 2.24) is 19.9 Å². The number of alkyl halides is 2. The third-order valence-electron chi connectivity index (χ3n) is 4.07. The molecule has 0 fully saturated rings. The van der Waals surface area contributed by atoms with Gasteiger partial charge >= 0.3 is 0 Å². The first-order chi connectivity index (χ1) is 14.3. The molecule has 0 amide bonds. The third kappa shape index (κ3) is 4.08. The van der Waals surface area contributed by atoms with E-state index in [0.29, 0.717) is 5.56 Å². The molecule has 3 heterocycles. The first kappa shape index (κ1) is 21.2. The maximum atomic E-state index is 12.8. The zero-order chi connectivity index (χ0) is 21.9. The highest BCUT2D eigenvalue weighted by Gasteiger charge is 2.24. The fraction of sp³-hybridized carbons (Fsp3) is 0.294. The van der Waals surface area contributed by atoms with Crippen LogP contribution < -0.4 is 14.2 Å². The Bertz CT molecular complexity index is 1200. The second-order valence-corrected chi connectivity index (χ2v) is 7.54. The average Bonchev–Trinajstić information content (AvgIpc) is 3.16. The van der Waals surface area contributed by atoms with Gasteiger partial charge in [-0.2, -0.15) is 15.2 Å². The van der Waals surface area contributed by atoms with Crippen LogP contribution in [0.15, 0.2) is 23.2 Å². The molecule has 0 spiro atoms. The third-order valence-corrected chi connectivity index (χ3v) is 5.43. The highest BCUT2D eigenvalue weighted by Crippen LogP contribution is 2.30. The lowest BCUT2D eigenvalue weighted by atomic mass is 10.2. The molecule has 0 radical (unpaired) electrons. The number of hydrogen-bond acceptors (Lipinski definition) is 8. The molecule has 0 saturated carbocycles. The van der Waals surface area contributed by atoms with Gasteiger partial charge in [-0.15, -0.1) is 0 Å². The van der Waals surface area contributed by atoms with Crippen molar-refractivity contribution in [1.29, 1.82) is 5.26 Å². The van der Waals surface area contributed by atoms with Crippen molar-refractivity contribution < 1.29 is 26.7 Å². The molecule has 2 N–H and O–H groups in total. The molecule has 0 unspecified atom stereocenters. The van der Waals surface area contributed by atoms with Gasteiger partial charge < -0.3 is 14.5 Å². The van der Waals surface area contributed by atoms with E-state index in [2.05, 4.69) is 24.7 Å². The normalized spacial score (nSPS) is 11.5. The molecule has 0 aliphatic heterocycles. The topological polar surface area (TPSA) is 143 Å². The van der Waals surface area contributed by atoms with E-state index in [1.54, 1.807) is 0 Å². The van der Waals surface area contributed by atoms with Crippen LogP contribution in [-0.2, 0) is 16.4 Å². The van der Waals surface area contributed by atoms with E-state index in [4.69, 9.17) is 14.7 Å². The van der Waals surface area contributed by atoms with Crippen LogP contribution in [0.1, 0.15) is 24.1 Å². The minimum Gasteiger partial charge on any atom is -0.481 e. The highest BCUT2D eigenvalue weighted by molar-refractivity contribution is 7.93. The molecule has 30 heavy (non-hydrogen) atoms. The van der Waals surface area contributed by atoms with E-state index in [1.165, 1.54) is 20.3 Å². The lowest BCUT2D eigenvalue weighted by Gasteiger charge is -2.13. The molecule has 0 atom stereocenters. The second kappa shape index (κ2) is 8.46. The number of ether oxygens (including phenoxy) is 2. The maximum Gasteiger partial charge on any atom is 0.280 e. The maximum absolute atomic E-state index is 12.8. The van der Waals surface area contributed by atoms with Crippen molar-refractivity contribution in [2.45, 2.75) is 24.2 Å². The summed E-state index contributed by atoms with van der Waals surface area (Å²) >= 11 is 0. The fourth-order valence-corrected chi connectivity index (χ4v) is 3.85. The van der Waals surface area contributed by atoms with E-state index in [-0.39, 0.29) is 46.5 Å². The van der Waals surface area contributed by atoms with Crippen molar-refractivity contribution in [2.75, 3.05) is 18.9 Å². The van der Waals surface area contributed by atoms with Gasteiger partial charge in [0.2, 0.25) is 17.7 Å². The number of nitrogens with one attached hydrogen (secondary N) is 2. The Hall–Kier alpha value is -3.53. The molecular formula is C17H16F2N6O4S. The molecular weight excluding hydrogens is 422 g/mol. The molecule has 3 rings (SSSR count). The molecule has 158 valence electrons. The average molecular weight is 438 g/mol. The summed E-state index contributed by atoms with van der Waals surface area (Å²) in [6.45, 7) is 0. The number of methoxy groups -OCH3 is 2. The van der Waals surface area contributed by atoms with Gasteiger partial charge in [0.25, 0.3) is 16.4 Å². The molecule has 0 aliphatic carbocycles. The number of pyridine rings is 1. The van der Waals surface area contributed by atoms with E-state index in [1.807, 2.05) is 6.07 Å². The number of halogens is 2. The van der Waals surface area contributed by atoms with Gasteiger partial charge in [0.1, 0.15) is 16.2 Å². The fourth-order valence-electron chi connectivity index (χ4n) is 2.74. The number of anilines is 1. The predicted octanol–water partition coefficient (Wildman–Crippen LogP) is 2.56. The van der Waals surface area contributed by atoms with Crippen molar-refractivity contribution in [3.8, 4) is 17.8 Å². The first-order valence-corrected chi connectivity index (χ1v) is 9.93. The lowest BCUT2D eigenvalue weighted by molar-refractivity contribution is 0.146. The molecule has 0 aliphatic rings. The van der Waals surface area contributed by atoms with E-state index < -0.39 is 22.1 Å². The largest absolute Gasteiger partial charge is 0.481 e. The van der Waals surface area contributed by atoms with Gasteiger partial charge in [-0.25, -0.2) is 26.9 Å². The lowest BCUT2D eigenvalue weighted by Crippen LogP contribution is -2.16. The molecule has 0 bridgehead atoms. The van der Waals surface area contributed by atoms with Gasteiger partial charge in [0, 0.05) is 18.0 Å². The number of sulfonamides is 1. The highest BCUT2D eigenvalue weighted by atomic mass is 32.2. The molecule has 0 aromatic carbocycles. The second-order valence-electron chi connectivity index (χ2n) is 5.89. The first-order valence-electron chi connectivity index (χ1n) is 8.45. The smallest absolute Gasteiger partial charge is 0.280 e. The summed E-state index contributed by atoms with van der Waals surface area (Å²) in [6, 6.07) is 4.27. The zero-order valence-electron chi connectivity index (χ0n) is 15.8. The number of nitrogens with zero attached hydrogens (tertiary/aromatic N) is 4. The molecule has 0 saturated heterocycles. The van der Waals surface area contributed by atoms with Crippen LogP contribution in [0.2, 0.25) is 0 Å². The molecule has 3 aromatic heterocycles. The van der Waals surface area contributed by atoms with Gasteiger partial charge in [-0.05, 0) is 18.6 Å². The predicted molar refractivity (Wildman–Crippen MR) is 101 cm³/mol. The summed E-state index contributed by atoms with van der Waals surface area (Å²) in [7, 11) is -1.54. The van der Waals surface area contributed by atoms with Gasteiger partial charge in [-0.3, -0.25) is 0 Å². The number of aromatic amines is 1. The number of H-pyrrole nitrogens is 1. The van der Waals surface area contributed by atoms with Crippen LogP contribution in [0.5, 0.6) is 11.8 Å². The summed E-state index contributed by atoms with van der Waals surface area (Å²) in [4.78, 5) is 14.1. The Kier molecular flexibility index (Phi) is 5.97. The van der Waals surface area contributed by atoms with Gasteiger partial charge in [0.05, 0.1) is 25.9 Å². The Morgan fingerprint density at radius 3 is 2.43 bits per heavy atom. The van der Waals surface area contributed by atoms with Crippen LogP contribution in [0.25, 0.3) is 11.0 Å². The van der Waals surface area contributed by atoms with Crippen LogP contribution >= 0.6 is 0 Å². The van der Waals surface area contributed by atoms with Crippen molar-refractivity contribution in [3.63, 3.8) is 0 Å². The van der Waals surface area contributed by atoms with E-state index >= 15 is 0 Å². The Morgan fingerprint density at radius 1 is 1.20 bits per heavy atom. The van der Waals surface area contributed by atoms with Crippen molar-refractivity contribution >= 4 is 27.0 Å². The molecule has 3 aromatic rings. The quantitative estimate of drug-likeness (QED) is 0.546. The van der Waals surface area contributed by atoms with E-state index in [9.17, 15) is 17.2 Å².